The molecule has 0 atom stereocenters. The molecule has 1 N–H and O–H groups in total. The highest BCUT2D eigenvalue weighted by Gasteiger charge is 2.05. The molecular weight excluding hydrogens is 318 g/mol. The first-order valence-corrected chi connectivity index (χ1v) is 8.50. The summed E-state index contributed by atoms with van der Waals surface area (Å²) in [5, 5.41) is 3.34. The van der Waals surface area contributed by atoms with E-state index in [1.165, 1.54) is 17.3 Å². The summed E-state index contributed by atoms with van der Waals surface area (Å²) in [7, 11) is 0. The molecule has 1 amide bonds. The van der Waals surface area contributed by atoms with Gasteiger partial charge < -0.3 is 10.1 Å². The largest absolute Gasteiger partial charge is 0.493 e. The first-order chi connectivity index (χ1) is 10.6. The van der Waals surface area contributed by atoms with Gasteiger partial charge >= 0.3 is 0 Å². The molecule has 22 heavy (non-hydrogen) atoms. The lowest BCUT2D eigenvalue weighted by molar-refractivity contribution is -0.113. The van der Waals surface area contributed by atoms with Crippen molar-refractivity contribution in [3.05, 3.63) is 59.1 Å². The number of thioether (sulfide) groups is 1. The molecule has 3 nitrogen and oxygen atoms in total. The number of amides is 1. The second-order valence-corrected chi connectivity index (χ2v) is 6.26. The molecule has 2 rings (SSSR count). The number of hydrogen-bond donors (Lipinski definition) is 1. The van der Waals surface area contributed by atoms with E-state index in [1.54, 1.807) is 12.1 Å². The molecule has 2 aromatic carbocycles. The van der Waals surface area contributed by atoms with Crippen LogP contribution in [0.2, 0.25) is 5.02 Å². The molecule has 0 unspecified atom stereocenters. The van der Waals surface area contributed by atoms with Crippen molar-refractivity contribution in [3.8, 4) is 5.75 Å². The average Bonchev–Trinajstić information content (AvgIpc) is 2.49. The van der Waals surface area contributed by atoms with Crippen LogP contribution < -0.4 is 10.1 Å². The van der Waals surface area contributed by atoms with Gasteiger partial charge in [0, 0.05) is 5.75 Å². The Morgan fingerprint density at radius 3 is 2.82 bits per heavy atom. The summed E-state index contributed by atoms with van der Waals surface area (Å²) >= 11 is 7.52. The minimum Gasteiger partial charge on any atom is -0.493 e. The fourth-order valence-corrected chi connectivity index (χ4v) is 2.62. The molecule has 5 heteroatoms. The summed E-state index contributed by atoms with van der Waals surface area (Å²) < 4.78 is 5.63. The SMILES string of the molecule is Cc1cccc(OCCSCC(=O)Nc2ccccc2Cl)c1. The lowest BCUT2D eigenvalue weighted by Gasteiger charge is -2.08. The molecule has 0 aliphatic heterocycles. The highest BCUT2D eigenvalue weighted by molar-refractivity contribution is 7.99. The number of aryl methyl sites for hydroxylation is 1. The van der Waals surface area contributed by atoms with Gasteiger partial charge in [-0.25, -0.2) is 0 Å². The highest BCUT2D eigenvalue weighted by atomic mass is 35.5. The molecule has 0 saturated heterocycles. The van der Waals surface area contributed by atoms with E-state index in [4.69, 9.17) is 16.3 Å². The molecule has 0 fully saturated rings. The van der Waals surface area contributed by atoms with Crippen LogP contribution in [-0.2, 0) is 4.79 Å². The third kappa shape index (κ3) is 5.62. The zero-order valence-corrected chi connectivity index (χ0v) is 13.9. The Labute approximate surface area is 140 Å². The Balaban J connectivity index is 1.64. The number of anilines is 1. The van der Waals surface area contributed by atoms with Crippen molar-refractivity contribution in [1.82, 2.24) is 0 Å². The molecule has 116 valence electrons. The second-order valence-electron chi connectivity index (χ2n) is 4.75. The van der Waals surface area contributed by atoms with Crippen LogP contribution in [0.25, 0.3) is 0 Å². The van der Waals surface area contributed by atoms with E-state index in [2.05, 4.69) is 5.32 Å². The fraction of sp³-hybridized carbons (Fsp3) is 0.235. The Hall–Kier alpha value is -1.65. The van der Waals surface area contributed by atoms with Gasteiger partial charge in [0.25, 0.3) is 0 Å². The molecule has 2 aromatic rings. The van der Waals surface area contributed by atoms with E-state index in [-0.39, 0.29) is 5.91 Å². The molecule has 0 radical (unpaired) electrons. The number of benzene rings is 2. The number of rotatable bonds is 7. The maximum atomic E-state index is 11.8. The third-order valence-electron chi connectivity index (χ3n) is 2.87. The monoisotopic (exact) mass is 335 g/mol. The van der Waals surface area contributed by atoms with Crippen LogP contribution in [0.15, 0.2) is 48.5 Å². The van der Waals surface area contributed by atoms with Crippen LogP contribution in [0.4, 0.5) is 5.69 Å². The van der Waals surface area contributed by atoms with Crippen molar-refractivity contribution in [1.29, 1.82) is 0 Å². The summed E-state index contributed by atoms with van der Waals surface area (Å²) in [5.74, 6) is 1.93. The maximum absolute atomic E-state index is 11.8. The van der Waals surface area contributed by atoms with Crippen molar-refractivity contribution >= 4 is 35.0 Å². The van der Waals surface area contributed by atoms with Crippen LogP contribution in [0.5, 0.6) is 5.75 Å². The number of nitrogens with one attached hydrogen (secondary N) is 1. The van der Waals surface area contributed by atoms with Crippen LogP contribution in [-0.4, -0.2) is 24.0 Å². The lowest BCUT2D eigenvalue weighted by atomic mass is 10.2. The number of halogens is 1. The van der Waals surface area contributed by atoms with Crippen LogP contribution in [0.3, 0.4) is 0 Å². The van der Waals surface area contributed by atoms with E-state index in [1.807, 2.05) is 43.3 Å². The molecule has 0 spiro atoms. The van der Waals surface area contributed by atoms with Gasteiger partial charge in [0.15, 0.2) is 0 Å². The summed E-state index contributed by atoms with van der Waals surface area (Å²) in [5.41, 5.74) is 1.81. The van der Waals surface area contributed by atoms with Gasteiger partial charge in [0.2, 0.25) is 5.91 Å². The predicted octanol–water partition coefficient (Wildman–Crippen LogP) is 4.40. The van der Waals surface area contributed by atoms with Crippen molar-refractivity contribution in [2.45, 2.75) is 6.92 Å². The Morgan fingerprint density at radius 2 is 2.05 bits per heavy atom. The van der Waals surface area contributed by atoms with Crippen molar-refractivity contribution in [2.24, 2.45) is 0 Å². The first-order valence-electron chi connectivity index (χ1n) is 6.97. The predicted molar refractivity (Wildman–Crippen MR) is 94.1 cm³/mol. The Kier molecular flexibility index (Phi) is 6.62. The van der Waals surface area contributed by atoms with E-state index in [9.17, 15) is 4.79 Å². The molecule has 0 saturated carbocycles. The van der Waals surface area contributed by atoms with E-state index >= 15 is 0 Å². The standard InChI is InChI=1S/C17H18ClNO2S/c1-13-5-4-6-14(11-13)21-9-10-22-12-17(20)19-16-8-3-2-7-15(16)18/h2-8,11H,9-10,12H2,1H3,(H,19,20). The summed E-state index contributed by atoms with van der Waals surface area (Å²) in [6, 6.07) is 15.1. The molecule has 0 aliphatic carbocycles. The number of hydrogen-bond acceptors (Lipinski definition) is 3. The zero-order chi connectivity index (χ0) is 15.8. The zero-order valence-electron chi connectivity index (χ0n) is 12.3. The van der Waals surface area contributed by atoms with Crippen LogP contribution in [0, 0.1) is 6.92 Å². The van der Waals surface area contributed by atoms with E-state index in [0.29, 0.717) is 23.1 Å². The number of carbonyl (C=O) groups excluding carboxylic acids is 1. The van der Waals surface area contributed by atoms with Crippen molar-refractivity contribution in [2.75, 3.05) is 23.4 Å². The summed E-state index contributed by atoms with van der Waals surface area (Å²) in [6.07, 6.45) is 0. The van der Waals surface area contributed by atoms with Crippen molar-refractivity contribution in [3.63, 3.8) is 0 Å². The average molecular weight is 336 g/mol. The first kappa shape index (κ1) is 16.7. The topological polar surface area (TPSA) is 38.3 Å². The number of para-hydroxylation sites is 1. The van der Waals surface area contributed by atoms with E-state index in [0.717, 1.165) is 11.5 Å². The molecule has 0 aliphatic rings. The molecule has 0 bridgehead atoms. The number of ether oxygens (including phenoxy) is 1. The second kappa shape index (κ2) is 8.71. The van der Waals surface area contributed by atoms with Gasteiger partial charge in [-0.15, -0.1) is 11.8 Å². The van der Waals surface area contributed by atoms with Gasteiger partial charge in [0.1, 0.15) is 5.75 Å². The maximum Gasteiger partial charge on any atom is 0.234 e. The molecule has 0 heterocycles. The van der Waals surface area contributed by atoms with Gasteiger partial charge in [-0.2, -0.15) is 0 Å². The van der Waals surface area contributed by atoms with Crippen molar-refractivity contribution < 1.29 is 9.53 Å². The minimum absolute atomic E-state index is 0.0614. The Bertz CT molecular complexity index is 634. The quantitative estimate of drug-likeness (QED) is 0.762. The lowest BCUT2D eigenvalue weighted by Crippen LogP contribution is -2.15. The third-order valence-corrected chi connectivity index (χ3v) is 4.12. The summed E-state index contributed by atoms with van der Waals surface area (Å²) in [6.45, 7) is 2.61. The highest BCUT2D eigenvalue weighted by Crippen LogP contribution is 2.20. The Morgan fingerprint density at radius 1 is 1.23 bits per heavy atom. The molecule has 0 aromatic heterocycles. The van der Waals surface area contributed by atoms with Gasteiger partial charge in [0.05, 0.1) is 23.1 Å². The molecular formula is C17H18ClNO2S. The summed E-state index contributed by atoms with van der Waals surface area (Å²) in [4.78, 5) is 11.8. The van der Waals surface area contributed by atoms with Gasteiger partial charge in [-0.05, 0) is 36.8 Å². The fourth-order valence-electron chi connectivity index (χ4n) is 1.84. The number of carbonyl (C=O) groups is 1. The van der Waals surface area contributed by atoms with Gasteiger partial charge in [-0.1, -0.05) is 35.9 Å². The van der Waals surface area contributed by atoms with Crippen LogP contribution in [0.1, 0.15) is 5.56 Å². The van der Waals surface area contributed by atoms with Crippen LogP contribution >= 0.6 is 23.4 Å². The minimum atomic E-state index is -0.0614. The van der Waals surface area contributed by atoms with E-state index < -0.39 is 0 Å². The normalized spacial score (nSPS) is 10.3. The van der Waals surface area contributed by atoms with Gasteiger partial charge in [-0.3, -0.25) is 4.79 Å². The smallest absolute Gasteiger partial charge is 0.234 e.